The smallest absolute Gasteiger partial charge is 0.213 e. The monoisotopic (exact) mass is 350 g/mol. The highest BCUT2D eigenvalue weighted by molar-refractivity contribution is 7.89. The zero-order valence-electron chi connectivity index (χ0n) is 14.2. The molecule has 2 aromatic heterocycles. The molecule has 1 saturated heterocycles. The van der Waals surface area contributed by atoms with E-state index in [4.69, 9.17) is 4.52 Å². The highest BCUT2D eigenvalue weighted by atomic mass is 32.2. The van der Waals surface area contributed by atoms with Gasteiger partial charge in [-0.2, -0.15) is 0 Å². The highest BCUT2D eigenvalue weighted by Gasteiger charge is 2.30. The number of aryl methyl sites for hydroxylation is 2. The molecule has 0 aliphatic carbocycles. The van der Waals surface area contributed by atoms with Crippen molar-refractivity contribution in [2.75, 3.05) is 18.8 Å². The Morgan fingerprint density at radius 2 is 2.00 bits per heavy atom. The third-order valence-corrected chi connectivity index (χ3v) is 6.31. The standard InChI is InChI=1S/C16H22N4O3S/c1-4-24(21,22)20-7-5-13(6-8-20)16-14(10-17-12(3)18-16)15-9-11(2)19-23-15/h9-10,13H,4-8H2,1-3H3. The van der Waals surface area contributed by atoms with Gasteiger partial charge < -0.3 is 4.52 Å². The van der Waals surface area contributed by atoms with E-state index in [0.717, 1.165) is 29.8 Å². The van der Waals surface area contributed by atoms with Crippen LogP contribution in [0.2, 0.25) is 0 Å². The van der Waals surface area contributed by atoms with Crippen LogP contribution >= 0.6 is 0 Å². The zero-order chi connectivity index (χ0) is 17.3. The average Bonchev–Trinajstić information content (AvgIpc) is 3.01. The maximum atomic E-state index is 12.0. The van der Waals surface area contributed by atoms with E-state index in [1.165, 1.54) is 0 Å². The van der Waals surface area contributed by atoms with Gasteiger partial charge in [0.15, 0.2) is 5.76 Å². The summed E-state index contributed by atoms with van der Waals surface area (Å²) in [5.41, 5.74) is 2.57. The zero-order valence-corrected chi connectivity index (χ0v) is 15.0. The quantitative estimate of drug-likeness (QED) is 0.840. The molecule has 3 rings (SSSR count). The summed E-state index contributed by atoms with van der Waals surface area (Å²) in [5, 5.41) is 3.94. The van der Waals surface area contributed by atoms with E-state index in [2.05, 4.69) is 15.1 Å². The summed E-state index contributed by atoms with van der Waals surface area (Å²) in [5.74, 6) is 1.70. The maximum absolute atomic E-state index is 12.0. The van der Waals surface area contributed by atoms with Crippen LogP contribution in [0.25, 0.3) is 11.3 Å². The van der Waals surface area contributed by atoms with E-state index in [1.54, 1.807) is 17.4 Å². The van der Waals surface area contributed by atoms with Crippen LogP contribution in [0.4, 0.5) is 0 Å². The minimum Gasteiger partial charge on any atom is -0.356 e. The molecule has 0 amide bonds. The molecule has 8 heteroatoms. The Morgan fingerprint density at radius 1 is 1.29 bits per heavy atom. The molecular formula is C16H22N4O3S. The van der Waals surface area contributed by atoms with Gasteiger partial charge in [0, 0.05) is 31.3 Å². The first-order chi connectivity index (χ1) is 11.4. The molecular weight excluding hydrogens is 328 g/mol. The number of hydrogen-bond donors (Lipinski definition) is 0. The van der Waals surface area contributed by atoms with Crippen molar-refractivity contribution in [2.45, 2.75) is 39.5 Å². The predicted octanol–water partition coefficient (Wildman–Crippen LogP) is 2.28. The number of rotatable bonds is 4. The Hall–Kier alpha value is -1.80. The van der Waals surface area contributed by atoms with E-state index in [0.29, 0.717) is 24.7 Å². The van der Waals surface area contributed by atoms with Crippen LogP contribution in [0.5, 0.6) is 0 Å². The second-order valence-electron chi connectivity index (χ2n) is 6.12. The molecule has 2 aromatic rings. The summed E-state index contributed by atoms with van der Waals surface area (Å²) in [6.45, 7) is 6.46. The Kier molecular flexibility index (Phi) is 4.69. The van der Waals surface area contributed by atoms with Crippen molar-refractivity contribution < 1.29 is 12.9 Å². The van der Waals surface area contributed by atoms with Crippen molar-refractivity contribution in [3.05, 3.63) is 29.5 Å². The lowest BCUT2D eigenvalue weighted by Crippen LogP contribution is -2.39. The molecule has 3 heterocycles. The fraction of sp³-hybridized carbons (Fsp3) is 0.562. The largest absolute Gasteiger partial charge is 0.356 e. The first-order valence-corrected chi connectivity index (χ1v) is 9.76. The van der Waals surface area contributed by atoms with Crippen molar-refractivity contribution in [3.8, 4) is 11.3 Å². The molecule has 7 nitrogen and oxygen atoms in total. The summed E-state index contributed by atoms with van der Waals surface area (Å²) in [7, 11) is -3.12. The first kappa shape index (κ1) is 17.0. The summed E-state index contributed by atoms with van der Waals surface area (Å²) in [4.78, 5) is 8.91. The molecule has 1 fully saturated rings. The number of sulfonamides is 1. The van der Waals surface area contributed by atoms with Gasteiger partial charge in [0.05, 0.1) is 22.7 Å². The Labute approximate surface area is 142 Å². The fourth-order valence-corrected chi connectivity index (χ4v) is 4.20. The summed E-state index contributed by atoms with van der Waals surface area (Å²) in [6.07, 6.45) is 3.26. The summed E-state index contributed by atoms with van der Waals surface area (Å²) >= 11 is 0. The molecule has 130 valence electrons. The van der Waals surface area contributed by atoms with Crippen LogP contribution in [0, 0.1) is 13.8 Å². The van der Waals surface area contributed by atoms with Gasteiger partial charge in [-0.25, -0.2) is 22.7 Å². The van der Waals surface area contributed by atoms with E-state index in [-0.39, 0.29) is 11.7 Å². The van der Waals surface area contributed by atoms with Crippen molar-refractivity contribution in [3.63, 3.8) is 0 Å². The molecule has 0 spiro atoms. The topological polar surface area (TPSA) is 89.2 Å². The van der Waals surface area contributed by atoms with Crippen LogP contribution < -0.4 is 0 Å². The van der Waals surface area contributed by atoms with Crippen LogP contribution in [0.15, 0.2) is 16.8 Å². The Bertz CT molecular complexity index is 824. The predicted molar refractivity (Wildman–Crippen MR) is 90.0 cm³/mol. The number of aromatic nitrogens is 3. The molecule has 0 atom stereocenters. The van der Waals surface area contributed by atoms with Gasteiger partial charge in [-0.3, -0.25) is 0 Å². The molecule has 0 aromatic carbocycles. The second-order valence-corrected chi connectivity index (χ2v) is 8.38. The molecule has 0 N–H and O–H groups in total. The van der Waals surface area contributed by atoms with Crippen molar-refractivity contribution in [2.24, 2.45) is 0 Å². The molecule has 0 radical (unpaired) electrons. The Balaban J connectivity index is 1.87. The SMILES string of the molecule is CCS(=O)(=O)N1CCC(c2nc(C)ncc2-c2cc(C)no2)CC1. The fourth-order valence-electron chi connectivity index (χ4n) is 3.07. The van der Waals surface area contributed by atoms with Crippen molar-refractivity contribution in [1.29, 1.82) is 0 Å². The van der Waals surface area contributed by atoms with Crippen LogP contribution in [-0.4, -0.2) is 46.7 Å². The molecule has 24 heavy (non-hydrogen) atoms. The third kappa shape index (κ3) is 3.34. The van der Waals surface area contributed by atoms with Crippen LogP contribution in [0.1, 0.15) is 42.9 Å². The number of nitrogens with zero attached hydrogens (tertiary/aromatic N) is 4. The lowest BCUT2D eigenvalue weighted by Gasteiger charge is -2.31. The van der Waals surface area contributed by atoms with Gasteiger partial charge in [-0.15, -0.1) is 0 Å². The minimum absolute atomic E-state index is 0.146. The molecule has 1 aliphatic rings. The van der Waals surface area contributed by atoms with Crippen molar-refractivity contribution in [1.82, 2.24) is 19.4 Å². The van der Waals surface area contributed by atoms with E-state index in [9.17, 15) is 8.42 Å². The summed E-state index contributed by atoms with van der Waals surface area (Å²) in [6, 6.07) is 1.87. The van der Waals surface area contributed by atoms with E-state index >= 15 is 0 Å². The summed E-state index contributed by atoms with van der Waals surface area (Å²) < 4.78 is 31.0. The molecule has 1 aliphatic heterocycles. The van der Waals surface area contributed by atoms with E-state index < -0.39 is 10.0 Å². The van der Waals surface area contributed by atoms with Crippen LogP contribution in [-0.2, 0) is 10.0 Å². The van der Waals surface area contributed by atoms with Gasteiger partial charge in [-0.05, 0) is 33.6 Å². The average molecular weight is 350 g/mol. The first-order valence-electron chi connectivity index (χ1n) is 8.15. The van der Waals surface area contributed by atoms with Gasteiger partial charge in [0.2, 0.25) is 10.0 Å². The Morgan fingerprint density at radius 3 is 2.58 bits per heavy atom. The van der Waals surface area contributed by atoms with E-state index in [1.807, 2.05) is 19.9 Å². The van der Waals surface area contributed by atoms with Gasteiger partial charge >= 0.3 is 0 Å². The molecule has 0 unspecified atom stereocenters. The number of piperidine rings is 1. The maximum Gasteiger partial charge on any atom is 0.213 e. The van der Waals surface area contributed by atoms with Gasteiger partial charge in [0.25, 0.3) is 0 Å². The second kappa shape index (κ2) is 6.60. The highest BCUT2D eigenvalue weighted by Crippen LogP contribution is 2.34. The molecule has 0 saturated carbocycles. The van der Waals surface area contributed by atoms with Crippen molar-refractivity contribution >= 4 is 10.0 Å². The lowest BCUT2D eigenvalue weighted by molar-refractivity contribution is 0.316. The lowest BCUT2D eigenvalue weighted by atomic mass is 9.91. The van der Waals surface area contributed by atoms with Gasteiger partial charge in [0.1, 0.15) is 5.82 Å². The molecule has 0 bridgehead atoms. The third-order valence-electron chi connectivity index (χ3n) is 4.43. The van der Waals surface area contributed by atoms with Gasteiger partial charge in [-0.1, -0.05) is 5.16 Å². The van der Waals surface area contributed by atoms with Crippen LogP contribution in [0.3, 0.4) is 0 Å². The number of hydrogen-bond acceptors (Lipinski definition) is 6. The minimum atomic E-state index is -3.12. The normalized spacial score (nSPS) is 17.3.